The summed E-state index contributed by atoms with van der Waals surface area (Å²) in [6.07, 6.45) is 33.8. The van der Waals surface area contributed by atoms with Gasteiger partial charge in [-0.25, -0.2) is 0 Å². The van der Waals surface area contributed by atoms with Crippen molar-refractivity contribution in [2.45, 2.75) is 72.1 Å². The Kier molecular flexibility index (Phi) is 19.6. The summed E-state index contributed by atoms with van der Waals surface area (Å²) in [5.74, 6) is -0.0888. The summed E-state index contributed by atoms with van der Waals surface area (Å²) in [5, 5.41) is 0. The van der Waals surface area contributed by atoms with E-state index in [1.165, 1.54) is 0 Å². The van der Waals surface area contributed by atoms with Crippen LogP contribution in [0.4, 0.5) is 0 Å². The molecule has 0 aromatic rings. The summed E-state index contributed by atoms with van der Waals surface area (Å²) in [5.41, 5.74) is 0. The maximum Gasteiger partial charge on any atom is 0.309 e. The standard InChI is InChI=1S/C26H40O2/c1-4-7-8-9-10-11-12-13-14-15-16-17-18-19-20-21-22-23-24-25(5-2)26(27)28-6-3/h7-8,10-11,13-14,16-17,19-20,22-23,25H,4-6,9,12,15,18,21,24H2,1-3H3/b8-7+,11-10+,14-13+,17-16+,20-19+,23-22+. The second-order valence-electron chi connectivity index (χ2n) is 6.51. The molecule has 0 amide bonds. The maximum atomic E-state index is 11.7. The molecule has 28 heavy (non-hydrogen) atoms. The van der Waals surface area contributed by atoms with E-state index in [-0.39, 0.29) is 11.9 Å². The number of ether oxygens (including phenoxy) is 1. The van der Waals surface area contributed by atoms with Crippen molar-refractivity contribution >= 4 is 5.97 Å². The highest BCUT2D eigenvalue weighted by Crippen LogP contribution is 2.11. The fraction of sp³-hybridized carbons (Fsp3) is 0.500. The van der Waals surface area contributed by atoms with Crippen LogP contribution in [-0.2, 0) is 9.53 Å². The molecule has 1 unspecified atom stereocenters. The summed E-state index contributed by atoms with van der Waals surface area (Å²) >= 11 is 0. The van der Waals surface area contributed by atoms with E-state index in [2.05, 4.69) is 79.8 Å². The minimum atomic E-state index is -0.0791. The molecule has 0 saturated carbocycles. The Morgan fingerprint density at radius 3 is 1.39 bits per heavy atom. The van der Waals surface area contributed by atoms with Gasteiger partial charge in [0.15, 0.2) is 0 Å². The second kappa shape index (κ2) is 21.2. The maximum absolute atomic E-state index is 11.7. The molecule has 0 aromatic heterocycles. The zero-order chi connectivity index (χ0) is 20.7. The van der Waals surface area contributed by atoms with Crippen molar-refractivity contribution < 1.29 is 9.53 Å². The molecule has 156 valence electrons. The first kappa shape index (κ1) is 25.9. The van der Waals surface area contributed by atoms with Crippen LogP contribution in [0, 0.1) is 5.92 Å². The van der Waals surface area contributed by atoms with Crippen LogP contribution in [0.3, 0.4) is 0 Å². The summed E-state index contributed by atoms with van der Waals surface area (Å²) in [4.78, 5) is 11.7. The molecule has 0 aliphatic rings. The van der Waals surface area contributed by atoms with Crippen LogP contribution in [0.1, 0.15) is 72.1 Å². The number of hydrogen-bond donors (Lipinski definition) is 0. The molecule has 2 nitrogen and oxygen atoms in total. The molecule has 0 aliphatic heterocycles. The zero-order valence-corrected chi connectivity index (χ0v) is 18.2. The zero-order valence-electron chi connectivity index (χ0n) is 18.2. The molecular weight excluding hydrogens is 344 g/mol. The molecule has 0 N–H and O–H groups in total. The van der Waals surface area contributed by atoms with Gasteiger partial charge in [-0.1, -0.05) is 86.8 Å². The second-order valence-corrected chi connectivity index (χ2v) is 6.51. The van der Waals surface area contributed by atoms with Crippen molar-refractivity contribution in [3.63, 3.8) is 0 Å². The third-order valence-electron chi connectivity index (χ3n) is 4.13. The fourth-order valence-corrected chi connectivity index (χ4v) is 2.47. The van der Waals surface area contributed by atoms with E-state index in [4.69, 9.17) is 4.74 Å². The van der Waals surface area contributed by atoms with Crippen LogP contribution in [0.25, 0.3) is 0 Å². The van der Waals surface area contributed by atoms with Gasteiger partial charge in [0.25, 0.3) is 0 Å². The van der Waals surface area contributed by atoms with Gasteiger partial charge >= 0.3 is 5.97 Å². The molecule has 0 saturated heterocycles. The largest absolute Gasteiger partial charge is 0.466 e. The van der Waals surface area contributed by atoms with Crippen molar-refractivity contribution in [1.29, 1.82) is 0 Å². The molecule has 0 aromatic carbocycles. The highest BCUT2D eigenvalue weighted by Gasteiger charge is 2.15. The van der Waals surface area contributed by atoms with E-state index < -0.39 is 0 Å². The molecule has 0 spiro atoms. The van der Waals surface area contributed by atoms with Gasteiger partial charge in [0.1, 0.15) is 0 Å². The number of hydrogen-bond acceptors (Lipinski definition) is 2. The molecule has 1 atom stereocenters. The third kappa shape index (κ3) is 17.3. The smallest absolute Gasteiger partial charge is 0.309 e. The lowest BCUT2D eigenvalue weighted by molar-refractivity contribution is -0.148. The van der Waals surface area contributed by atoms with Gasteiger partial charge in [0, 0.05) is 0 Å². The monoisotopic (exact) mass is 384 g/mol. The highest BCUT2D eigenvalue weighted by atomic mass is 16.5. The lowest BCUT2D eigenvalue weighted by atomic mass is 10.0. The molecule has 0 bridgehead atoms. The van der Waals surface area contributed by atoms with E-state index >= 15 is 0 Å². The van der Waals surface area contributed by atoms with Gasteiger partial charge in [0.05, 0.1) is 12.5 Å². The lowest BCUT2D eigenvalue weighted by Gasteiger charge is -2.10. The van der Waals surface area contributed by atoms with Crippen molar-refractivity contribution in [3.05, 3.63) is 72.9 Å². The highest BCUT2D eigenvalue weighted by molar-refractivity contribution is 5.72. The van der Waals surface area contributed by atoms with Gasteiger partial charge in [-0.3, -0.25) is 4.79 Å². The SMILES string of the molecule is CC/C=C/C/C=C/C/C=C/C/C=C/C/C=C/C/C=C/CC(CC)C(=O)OCC. The van der Waals surface area contributed by atoms with E-state index in [1.54, 1.807) is 0 Å². The first-order valence-electron chi connectivity index (χ1n) is 10.8. The third-order valence-corrected chi connectivity index (χ3v) is 4.13. The summed E-state index contributed by atoms with van der Waals surface area (Å²) in [6.45, 7) is 6.49. The fourth-order valence-electron chi connectivity index (χ4n) is 2.47. The van der Waals surface area contributed by atoms with Gasteiger partial charge in [-0.15, -0.1) is 0 Å². The lowest BCUT2D eigenvalue weighted by Crippen LogP contribution is -2.16. The molecule has 0 fully saturated rings. The quantitative estimate of drug-likeness (QED) is 0.202. The average Bonchev–Trinajstić information content (AvgIpc) is 2.70. The van der Waals surface area contributed by atoms with Gasteiger partial charge in [-0.2, -0.15) is 0 Å². The Morgan fingerprint density at radius 2 is 1.04 bits per heavy atom. The molecule has 0 rings (SSSR count). The Hall–Kier alpha value is -2.09. The number of carbonyl (C=O) groups is 1. The number of carbonyl (C=O) groups excluding carboxylic acids is 1. The minimum Gasteiger partial charge on any atom is -0.466 e. The topological polar surface area (TPSA) is 26.3 Å². The van der Waals surface area contributed by atoms with E-state index in [0.717, 1.165) is 51.4 Å². The Bertz CT molecular complexity index is 533. The van der Waals surface area contributed by atoms with Crippen molar-refractivity contribution in [3.8, 4) is 0 Å². The van der Waals surface area contributed by atoms with E-state index in [0.29, 0.717) is 6.61 Å². The normalized spacial score (nSPS) is 14.0. The van der Waals surface area contributed by atoms with E-state index in [1.807, 2.05) is 13.8 Å². The Balaban J connectivity index is 3.74. The molecule has 2 heteroatoms. The molecule has 0 heterocycles. The number of esters is 1. The Labute approximate surface area is 173 Å². The minimum absolute atomic E-state index is 0.00967. The van der Waals surface area contributed by atoms with Crippen LogP contribution >= 0.6 is 0 Å². The van der Waals surface area contributed by atoms with Gasteiger partial charge in [0.2, 0.25) is 0 Å². The van der Waals surface area contributed by atoms with Crippen molar-refractivity contribution in [1.82, 2.24) is 0 Å². The van der Waals surface area contributed by atoms with Crippen LogP contribution in [0.2, 0.25) is 0 Å². The van der Waals surface area contributed by atoms with Crippen LogP contribution in [0.5, 0.6) is 0 Å². The van der Waals surface area contributed by atoms with Crippen LogP contribution in [0.15, 0.2) is 72.9 Å². The van der Waals surface area contributed by atoms with E-state index in [9.17, 15) is 4.79 Å². The van der Waals surface area contributed by atoms with Crippen LogP contribution in [-0.4, -0.2) is 12.6 Å². The predicted octanol–water partition coefficient (Wildman–Crippen LogP) is 7.66. The summed E-state index contributed by atoms with van der Waals surface area (Å²) < 4.78 is 5.08. The first-order chi connectivity index (χ1) is 13.8. The summed E-state index contributed by atoms with van der Waals surface area (Å²) in [6, 6.07) is 0. The van der Waals surface area contributed by atoms with Gasteiger partial charge in [-0.05, 0) is 58.3 Å². The number of allylic oxidation sites excluding steroid dienone is 12. The van der Waals surface area contributed by atoms with Gasteiger partial charge < -0.3 is 4.74 Å². The average molecular weight is 385 g/mol. The molecular formula is C26H40O2. The summed E-state index contributed by atoms with van der Waals surface area (Å²) in [7, 11) is 0. The Morgan fingerprint density at radius 1 is 0.643 bits per heavy atom. The first-order valence-corrected chi connectivity index (χ1v) is 10.8. The molecule has 0 radical (unpaired) electrons. The number of rotatable bonds is 16. The molecule has 0 aliphatic carbocycles. The van der Waals surface area contributed by atoms with Crippen molar-refractivity contribution in [2.75, 3.05) is 6.61 Å². The van der Waals surface area contributed by atoms with Crippen LogP contribution < -0.4 is 0 Å². The predicted molar refractivity (Wildman–Crippen MR) is 123 cm³/mol. The van der Waals surface area contributed by atoms with Crippen molar-refractivity contribution in [2.24, 2.45) is 5.92 Å².